The molecule has 0 radical (unpaired) electrons. The molecule has 0 spiro atoms. The molecule has 0 aliphatic heterocycles. The Morgan fingerprint density at radius 2 is 2.00 bits per heavy atom. The number of halogens is 1. The van der Waals surface area contributed by atoms with Crippen LogP contribution in [0, 0.1) is 17.7 Å². The molecule has 20 heavy (non-hydrogen) atoms. The van der Waals surface area contributed by atoms with Gasteiger partial charge in [0.1, 0.15) is 5.82 Å². The fraction of sp³-hybridized carbons (Fsp3) is 0.429. The van der Waals surface area contributed by atoms with Crippen molar-refractivity contribution in [2.45, 2.75) is 31.9 Å². The first-order valence-corrected chi connectivity index (χ1v) is 7.57. The summed E-state index contributed by atoms with van der Waals surface area (Å²) in [6.07, 6.45) is 0.234. The summed E-state index contributed by atoms with van der Waals surface area (Å²) in [5.74, 6) is 4.62. The molecule has 1 aromatic rings. The fourth-order valence-corrected chi connectivity index (χ4v) is 1.95. The van der Waals surface area contributed by atoms with Gasteiger partial charge in [-0.25, -0.2) is 12.8 Å². The average molecular weight is 299 g/mol. The standard InChI is InChI=1S/C14H18FNO3S/c1-14(2,3)20(18,19)16-12-7-8-13(15)11(10-12)6-4-5-9-17/h7-8,10,16-17H,5,9H2,1-3H3. The zero-order chi connectivity index (χ0) is 15.4. The lowest BCUT2D eigenvalue weighted by Crippen LogP contribution is -2.33. The van der Waals surface area contributed by atoms with Gasteiger partial charge in [-0.3, -0.25) is 4.72 Å². The van der Waals surface area contributed by atoms with Crippen LogP contribution in [0.15, 0.2) is 18.2 Å². The summed E-state index contributed by atoms with van der Waals surface area (Å²) in [7, 11) is -3.57. The summed E-state index contributed by atoms with van der Waals surface area (Å²) in [5.41, 5.74) is 0.349. The van der Waals surface area contributed by atoms with Gasteiger partial charge >= 0.3 is 0 Å². The molecule has 0 unspecified atom stereocenters. The van der Waals surface area contributed by atoms with Crippen molar-refractivity contribution in [3.05, 3.63) is 29.6 Å². The highest BCUT2D eigenvalue weighted by molar-refractivity contribution is 7.94. The minimum absolute atomic E-state index is 0.0903. The topological polar surface area (TPSA) is 66.4 Å². The molecule has 1 aromatic carbocycles. The van der Waals surface area contributed by atoms with E-state index in [-0.39, 0.29) is 24.3 Å². The van der Waals surface area contributed by atoms with E-state index in [2.05, 4.69) is 16.6 Å². The van der Waals surface area contributed by atoms with Crippen molar-refractivity contribution in [2.24, 2.45) is 0 Å². The average Bonchev–Trinajstić information content (AvgIpc) is 2.31. The van der Waals surface area contributed by atoms with Gasteiger partial charge in [0, 0.05) is 12.1 Å². The van der Waals surface area contributed by atoms with E-state index in [0.717, 1.165) is 6.07 Å². The molecule has 6 heteroatoms. The Kier molecular flexibility index (Phi) is 5.15. The monoisotopic (exact) mass is 299 g/mol. The van der Waals surface area contributed by atoms with Gasteiger partial charge in [0.2, 0.25) is 10.0 Å². The van der Waals surface area contributed by atoms with Crippen LogP contribution in [-0.2, 0) is 10.0 Å². The summed E-state index contributed by atoms with van der Waals surface area (Å²) in [4.78, 5) is 0. The lowest BCUT2D eigenvalue weighted by atomic mass is 10.2. The lowest BCUT2D eigenvalue weighted by molar-refractivity contribution is 0.305. The molecular weight excluding hydrogens is 281 g/mol. The van der Waals surface area contributed by atoms with E-state index >= 15 is 0 Å². The van der Waals surface area contributed by atoms with Crippen molar-refractivity contribution in [3.8, 4) is 11.8 Å². The maximum atomic E-state index is 13.5. The van der Waals surface area contributed by atoms with Crippen LogP contribution in [0.5, 0.6) is 0 Å². The van der Waals surface area contributed by atoms with E-state index in [4.69, 9.17) is 5.11 Å². The minimum atomic E-state index is -3.57. The van der Waals surface area contributed by atoms with Crippen molar-refractivity contribution in [2.75, 3.05) is 11.3 Å². The second-order valence-corrected chi connectivity index (χ2v) is 7.62. The van der Waals surface area contributed by atoms with Crippen LogP contribution in [0.25, 0.3) is 0 Å². The fourth-order valence-electron chi connectivity index (χ4n) is 1.21. The lowest BCUT2D eigenvalue weighted by Gasteiger charge is -2.20. The minimum Gasteiger partial charge on any atom is -0.395 e. The van der Waals surface area contributed by atoms with E-state index in [1.165, 1.54) is 12.1 Å². The smallest absolute Gasteiger partial charge is 0.237 e. The summed E-state index contributed by atoms with van der Waals surface area (Å²) in [6, 6.07) is 3.84. The molecule has 0 aromatic heterocycles. The van der Waals surface area contributed by atoms with Crippen LogP contribution >= 0.6 is 0 Å². The first-order valence-electron chi connectivity index (χ1n) is 6.09. The molecule has 0 bridgehead atoms. The third-order valence-corrected chi connectivity index (χ3v) is 4.60. The zero-order valence-electron chi connectivity index (χ0n) is 11.7. The van der Waals surface area contributed by atoms with Crippen LogP contribution in [0.3, 0.4) is 0 Å². The molecule has 110 valence electrons. The highest BCUT2D eigenvalue weighted by Gasteiger charge is 2.28. The highest BCUT2D eigenvalue weighted by atomic mass is 32.2. The summed E-state index contributed by atoms with van der Waals surface area (Å²) < 4.78 is 39.0. The van der Waals surface area contributed by atoms with Gasteiger partial charge in [-0.05, 0) is 39.0 Å². The zero-order valence-corrected chi connectivity index (χ0v) is 12.5. The number of rotatable bonds is 3. The summed E-state index contributed by atoms with van der Waals surface area (Å²) >= 11 is 0. The molecule has 0 aliphatic rings. The van der Waals surface area contributed by atoms with Crippen molar-refractivity contribution in [3.63, 3.8) is 0 Å². The number of hydrogen-bond acceptors (Lipinski definition) is 3. The Bertz CT molecular complexity index is 637. The third kappa shape index (κ3) is 4.22. The van der Waals surface area contributed by atoms with Gasteiger partial charge in [-0.1, -0.05) is 11.8 Å². The molecule has 0 aliphatic carbocycles. The number of nitrogens with one attached hydrogen (secondary N) is 1. The Morgan fingerprint density at radius 3 is 2.55 bits per heavy atom. The van der Waals surface area contributed by atoms with E-state index in [0.29, 0.717) is 0 Å². The van der Waals surface area contributed by atoms with Crippen molar-refractivity contribution in [1.82, 2.24) is 0 Å². The van der Waals surface area contributed by atoms with E-state index < -0.39 is 20.6 Å². The normalized spacial score (nSPS) is 11.7. The first kappa shape index (κ1) is 16.5. The maximum Gasteiger partial charge on any atom is 0.237 e. The van der Waals surface area contributed by atoms with E-state index in [1.807, 2.05) is 0 Å². The highest BCUT2D eigenvalue weighted by Crippen LogP contribution is 2.21. The molecule has 4 nitrogen and oxygen atoms in total. The molecule has 0 amide bonds. The molecule has 0 saturated carbocycles. The van der Waals surface area contributed by atoms with Gasteiger partial charge in [-0.15, -0.1) is 0 Å². The predicted octanol–water partition coefficient (Wildman–Crippen LogP) is 2.10. The molecule has 0 fully saturated rings. The van der Waals surface area contributed by atoms with Gasteiger partial charge in [0.25, 0.3) is 0 Å². The molecular formula is C14H18FNO3S. The quantitative estimate of drug-likeness (QED) is 0.840. The maximum absolute atomic E-state index is 13.5. The molecule has 0 atom stereocenters. The second kappa shape index (κ2) is 6.25. The largest absolute Gasteiger partial charge is 0.395 e. The number of aliphatic hydroxyl groups excluding tert-OH is 1. The van der Waals surface area contributed by atoms with E-state index in [9.17, 15) is 12.8 Å². The Hall–Kier alpha value is -1.58. The number of benzene rings is 1. The SMILES string of the molecule is CC(C)(C)S(=O)(=O)Nc1ccc(F)c(C#CCCO)c1. The van der Waals surface area contributed by atoms with Gasteiger partial charge in [-0.2, -0.15) is 0 Å². The van der Waals surface area contributed by atoms with Crippen molar-refractivity contribution < 1.29 is 17.9 Å². The van der Waals surface area contributed by atoms with Crippen molar-refractivity contribution in [1.29, 1.82) is 0 Å². The van der Waals surface area contributed by atoms with Crippen LogP contribution in [-0.4, -0.2) is 24.9 Å². The number of anilines is 1. The third-order valence-electron chi connectivity index (χ3n) is 2.48. The van der Waals surface area contributed by atoms with Crippen LogP contribution in [0.2, 0.25) is 0 Å². The summed E-state index contributed by atoms with van der Waals surface area (Å²) in [5, 5.41) is 8.62. The Morgan fingerprint density at radius 1 is 1.35 bits per heavy atom. The Labute approximate surface area is 119 Å². The van der Waals surface area contributed by atoms with Crippen LogP contribution < -0.4 is 4.72 Å². The number of sulfonamides is 1. The summed E-state index contributed by atoms with van der Waals surface area (Å²) in [6.45, 7) is 4.60. The first-order chi connectivity index (χ1) is 9.17. The second-order valence-electron chi connectivity index (χ2n) is 5.19. The Balaban J connectivity index is 3.06. The molecule has 0 heterocycles. The van der Waals surface area contributed by atoms with Crippen LogP contribution in [0.1, 0.15) is 32.8 Å². The van der Waals surface area contributed by atoms with Crippen LogP contribution in [0.4, 0.5) is 10.1 Å². The molecule has 0 saturated heterocycles. The molecule has 1 rings (SSSR count). The number of aliphatic hydroxyl groups is 1. The number of hydrogen-bond donors (Lipinski definition) is 2. The van der Waals surface area contributed by atoms with Crippen molar-refractivity contribution >= 4 is 15.7 Å². The van der Waals surface area contributed by atoms with Gasteiger partial charge in [0.05, 0.1) is 16.9 Å². The van der Waals surface area contributed by atoms with Gasteiger partial charge in [0.15, 0.2) is 0 Å². The molecule has 2 N–H and O–H groups in total. The van der Waals surface area contributed by atoms with E-state index in [1.54, 1.807) is 20.8 Å². The van der Waals surface area contributed by atoms with Gasteiger partial charge < -0.3 is 5.11 Å². The predicted molar refractivity (Wildman–Crippen MR) is 77.3 cm³/mol.